The smallest absolute Gasteiger partial charge is 0.227 e. The van der Waals surface area contributed by atoms with Crippen LogP contribution in [0.2, 0.25) is 0 Å². The highest BCUT2D eigenvalue weighted by Crippen LogP contribution is 2.20. The third kappa shape index (κ3) is 3.77. The van der Waals surface area contributed by atoms with Crippen LogP contribution in [0.5, 0.6) is 0 Å². The Bertz CT molecular complexity index is 558. The van der Waals surface area contributed by atoms with Crippen molar-refractivity contribution in [2.45, 2.75) is 13.0 Å². The van der Waals surface area contributed by atoms with Crippen LogP contribution in [0.3, 0.4) is 0 Å². The summed E-state index contributed by atoms with van der Waals surface area (Å²) in [4.78, 5) is 14.5. The number of anilines is 1. The molecule has 1 unspecified atom stereocenters. The second-order valence-electron chi connectivity index (χ2n) is 4.37. The maximum atomic E-state index is 10.8. The fourth-order valence-corrected chi connectivity index (χ4v) is 1.90. The lowest BCUT2D eigenvalue weighted by atomic mass is 10.1. The highest BCUT2D eigenvalue weighted by Gasteiger charge is 2.17. The Labute approximate surface area is 111 Å². The van der Waals surface area contributed by atoms with Gasteiger partial charge in [-0.3, -0.25) is 15.1 Å². The molecule has 1 aromatic heterocycles. The zero-order valence-electron chi connectivity index (χ0n) is 10.6. The molecular formula is C14H15N3O2. The first-order valence-corrected chi connectivity index (χ1v) is 6.00. The molecule has 0 saturated heterocycles. The van der Waals surface area contributed by atoms with Gasteiger partial charge in [0.05, 0.1) is 0 Å². The van der Waals surface area contributed by atoms with E-state index in [2.05, 4.69) is 10.3 Å². The molecule has 2 aromatic rings. The number of hydrogen-bond acceptors (Lipinski definition) is 4. The van der Waals surface area contributed by atoms with Crippen LogP contribution < -0.4 is 5.32 Å². The van der Waals surface area contributed by atoms with Crippen LogP contribution >= 0.6 is 0 Å². The summed E-state index contributed by atoms with van der Waals surface area (Å²) in [6.45, 7) is 1.80. The minimum Gasteiger partial charge on any atom is -0.372 e. The molecule has 0 amide bonds. The number of rotatable bonds is 5. The maximum absolute atomic E-state index is 10.8. The summed E-state index contributed by atoms with van der Waals surface area (Å²) in [6, 6.07) is 11.0. The van der Waals surface area contributed by atoms with E-state index in [1.807, 2.05) is 37.3 Å². The molecule has 1 atom stereocenters. The van der Waals surface area contributed by atoms with Crippen molar-refractivity contribution >= 4 is 5.69 Å². The number of nitrogens with one attached hydrogen (secondary N) is 1. The molecule has 0 radical (unpaired) electrons. The van der Waals surface area contributed by atoms with Gasteiger partial charge < -0.3 is 5.32 Å². The Hall–Kier alpha value is -2.43. The highest BCUT2D eigenvalue weighted by atomic mass is 16.6. The van der Waals surface area contributed by atoms with E-state index in [-0.39, 0.29) is 17.5 Å². The standard InChI is InChI=1S/C14H15N3O2/c1-11-4-2-6-13(8-11)16-14(10-17(18)19)12-5-3-7-15-9-12/h2-9,14,16H,10H2,1H3. The van der Waals surface area contributed by atoms with Gasteiger partial charge in [0.15, 0.2) is 0 Å². The van der Waals surface area contributed by atoms with Crippen LogP contribution in [0.4, 0.5) is 5.69 Å². The molecule has 0 saturated carbocycles. The van der Waals surface area contributed by atoms with Gasteiger partial charge in [0, 0.05) is 23.0 Å². The summed E-state index contributed by atoms with van der Waals surface area (Å²) >= 11 is 0. The van der Waals surface area contributed by atoms with Gasteiger partial charge in [-0.1, -0.05) is 18.2 Å². The Morgan fingerprint density at radius 2 is 2.21 bits per heavy atom. The first-order chi connectivity index (χ1) is 9.15. The van der Waals surface area contributed by atoms with Gasteiger partial charge in [0.1, 0.15) is 6.04 Å². The van der Waals surface area contributed by atoms with Crippen molar-refractivity contribution in [3.63, 3.8) is 0 Å². The Morgan fingerprint density at radius 3 is 2.84 bits per heavy atom. The van der Waals surface area contributed by atoms with Crippen molar-refractivity contribution in [2.75, 3.05) is 11.9 Å². The predicted molar refractivity (Wildman–Crippen MR) is 73.6 cm³/mol. The van der Waals surface area contributed by atoms with Crippen LogP contribution in [-0.2, 0) is 0 Å². The van der Waals surface area contributed by atoms with Gasteiger partial charge in [-0.2, -0.15) is 0 Å². The van der Waals surface area contributed by atoms with Crippen molar-refractivity contribution in [3.05, 3.63) is 70.0 Å². The molecule has 19 heavy (non-hydrogen) atoms. The number of aromatic nitrogens is 1. The summed E-state index contributed by atoms with van der Waals surface area (Å²) in [7, 11) is 0. The van der Waals surface area contributed by atoms with E-state index in [1.165, 1.54) is 0 Å². The minimum atomic E-state index is -0.384. The number of benzene rings is 1. The second kappa shape index (κ2) is 5.95. The number of nitro groups is 1. The van der Waals surface area contributed by atoms with Crippen molar-refractivity contribution in [1.82, 2.24) is 4.98 Å². The summed E-state index contributed by atoms with van der Waals surface area (Å²) in [6.07, 6.45) is 3.30. The van der Waals surface area contributed by atoms with Crippen LogP contribution in [0.25, 0.3) is 0 Å². The average Bonchev–Trinajstić information content (AvgIpc) is 2.38. The molecule has 0 fully saturated rings. The van der Waals surface area contributed by atoms with Crippen molar-refractivity contribution < 1.29 is 4.92 Å². The zero-order chi connectivity index (χ0) is 13.7. The van der Waals surface area contributed by atoms with E-state index in [0.29, 0.717) is 0 Å². The van der Waals surface area contributed by atoms with Gasteiger partial charge in [-0.05, 0) is 36.2 Å². The minimum absolute atomic E-state index is 0.181. The molecule has 2 rings (SSSR count). The molecule has 0 aliphatic heterocycles. The quantitative estimate of drug-likeness (QED) is 0.660. The Morgan fingerprint density at radius 1 is 1.37 bits per heavy atom. The van der Waals surface area contributed by atoms with E-state index in [9.17, 15) is 10.1 Å². The largest absolute Gasteiger partial charge is 0.372 e. The maximum Gasteiger partial charge on any atom is 0.227 e. The lowest BCUT2D eigenvalue weighted by Gasteiger charge is -2.16. The summed E-state index contributed by atoms with van der Waals surface area (Å²) in [5.41, 5.74) is 2.78. The van der Waals surface area contributed by atoms with E-state index in [4.69, 9.17) is 0 Å². The van der Waals surface area contributed by atoms with Gasteiger partial charge in [0.25, 0.3) is 0 Å². The third-order valence-electron chi connectivity index (χ3n) is 2.78. The number of nitrogens with zero attached hydrogens (tertiary/aromatic N) is 2. The lowest BCUT2D eigenvalue weighted by molar-refractivity contribution is -0.482. The van der Waals surface area contributed by atoms with E-state index < -0.39 is 0 Å². The first-order valence-electron chi connectivity index (χ1n) is 6.00. The third-order valence-corrected chi connectivity index (χ3v) is 2.78. The second-order valence-corrected chi connectivity index (χ2v) is 4.37. The normalized spacial score (nSPS) is 11.8. The molecule has 1 aromatic carbocycles. The average molecular weight is 257 g/mol. The van der Waals surface area contributed by atoms with Crippen molar-refractivity contribution in [1.29, 1.82) is 0 Å². The topological polar surface area (TPSA) is 68.1 Å². The molecular weight excluding hydrogens is 242 g/mol. The van der Waals surface area contributed by atoms with Crippen molar-refractivity contribution in [2.24, 2.45) is 0 Å². The molecule has 98 valence electrons. The van der Waals surface area contributed by atoms with Crippen LogP contribution in [0.15, 0.2) is 48.8 Å². The van der Waals surface area contributed by atoms with Gasteiger partial charge in [-0.25, -0.2) is 0 Å². The van der Waals surface area contributed by atoms with Crippen LogP contribution in [0, 0.1) is 17.0 Å². The van der Waals surface area contributed by atoms with E-state index in [1.54, 1.807) is 18.5 Å². The van der Waals surface area contributed by atoms with Crippen LogP contribution in [0.1, 0.15) is 17.2 Å². The van der Waals surface area contributed by atoms with Crippen LogP contribution in [-0.4, -0.2) is 16.5 Å². The monoisotopic (exact) mass is 257 g/mol. The SMILES string of the molecule is Cc1cccc(NC(C[N+](=O)[O-])c2cccnc2)c1. The molecule has 0 spiro atoms. The number of pyridine rings is 1. The Kier molecular flexibility index (Phi) is 4.07. The van der Waals surface area contributed by atoms with E-state index >= 15 is 0 Å². The van der Waals surface area contributed by atoms with Gasteiger partial charge in [-0.15, -0.1) is 0 Å². The van der Waals surface area contributed by atoms with Gasteiger partial charge in [0.2, 0.25) is 6.54 Å². The van der Waals surface area contributed by atoms with E-state index in [0.717, 1.165) is 16.8 Å². The summed E-state index contributed by atoms with van der Waals surface area (Å²) < 4.78 is 0. The Balaban J connectivity index is 2.21. The molecule has 0 bridgehead atoms. The fourth-order valence-electron chi connectivity index (χ4n) is 1.90. The van der Waals surface area contributed by atoms with Crippen molar-refractivity contribution in [3.8, 4) is 0 Å². The fraction of sp³-hybridized carbons (Fsp3) is 0.214. The molecule has 5 heteroatoms. The molecule has 1 heterocycles. The summed E-state index contributed by atoms with van der Waals surface area (Å²) in [5, 5.41) is 14.0. The molecule has 5 nitrogen and oxygen atoms in total. The highest BCUT2D eigenvalue weighted by molar-refractivity contribution is 5.47. The number of aryl methyl sites for hydroxylation is 1. The van der Waals surface area contributed by atoms with Gasteiger partial charge >= 0.3 is 0 Å². The predicted octanol–water partition coefficient (Wildman–Crippen LogP) is 2.82. The lowest BCUT2D eigenvalue weighted by Crippen LogP contribution is -2.20. The number of hydrogen-bond donors (Lipinski definition) is 1. The molecule has 1 N–H and O–H groups in total. The summed E-state index contributed by atoms with van der Waals surface area (Å²) in [5.74, 6) is 0. The zero-order valence-corrected chi connectivity index (χ0v) is 10.6. The first kappa shape index (κ1) is 13.0. The molecule has 0 aliphatic carbocycles. The molecule has 0 aliphatic rings.